The third kappa shape index (κ3) is 3.21. The summed E-state index contributed by atoms with van der Waals surface area (Å²) in [5.74, 6) is 0.911. The predicted molar refractivity (Wildman–Crippen MR) is 125 cm³/mol. The molecule has 160 valence electrons. The zero-order chi connectivity index (χ0) is 22.6. The highest BCUT2D eigenvalue weighted by Crippen LogP contribution is 2.50. The van der Waals surface area contributed by atoms with Crippen LogP contribution in [0.25, 0.3) is 21.2 Å². The van der Waals surface area contributed by atoms with Crippen LogP contribution < -0.4 is 10.3 Å². The minimum Gasteiger partial charge on any atom is -0.456 e. The largest absolute Gasteiger partial charge is 0.456 e. The van der Waals surface area contributed by atoms with Crippen molar-refractivity contribution in [1.82, 2.24) is 4.57 Å². The number of benzene rings is 2. The maximum atomic E-state index is 13.8. The lowest BCUT2D eigenvalue weighted by atomic mass is 9.93. The summed E-state index contributed by atoms with van der Waals surface area (Å²) in [5, 5.41) is 12.3. The number of hydrogen-bond donors (Lipinski definition) is 0. The van der Waals surface area contributed by atoms with E-state index in [9.17, 15) is 14.4 Å². The number of aromatic nitrogens is 1. The van der Waals surface area contributed by atoms with Gasteiger partial charge in [0, 0.05) is 29.1 Å². The van der Waals surface area contributed by atoms with Crippen LogP contribution >= 0.6 is 11.3 Å². The average Bonchev–Trinajstić information content (AvgIpc) is 3.41. The lowest BCUT2D eigenvalue weighted by Crippen LogP contribution is -2.15. The maximum absolute atomic E-state index is 13.8. The van der Waals surface area contributed by atoms with E-state index in [1.54, 1.807) is 11.6 Å². The second-order valence-corrected chi connectivity index (χ2v) is 9.41. The van der Waals surface area contributed by atoms with E-state index in [4.69, 9.17) is 4.74 Å². The summed E-state index contributed by atoms with van der Waals surface area (Å²) in [6, 6.07) is 13.0. The minimum absolute atomic E-state index is 0.0514. The van der Waals surface area contributed by atoms with Crippen molar-refractivity contribution in [2.24, 2.45) is 7.05 Å². The summed E-state index contributed by atoms with van der Waals surface area (Å²) < 4.78 is 22.6. The lowest BCUT2D eigenvalue weighted by molar-refractivity contribution is 0.474. The predicted octanol–water partition coefficient (Wildman–Crippen LogP) is 6.37. The standard InChI is InChI=1S/C26H21FN2O2S/c1-15-10-18(27)11-16(2)23(15)31-22-5-4-17(26(14-28)7-8-26)12-20(22)21-13-29(3)25(30)19-6-9-32-24(19)21/h4-6,9-13H,7-8H2,1-3H3. The fourth-order valence-electron chi connectivity index (χ4n) is 4.26. The first kappa shape index (κ1) is 20.5. The summed E-state index contributed by atoms with van der Waals surface area (Å²) in [6.45, 7) is 3.63. The highest BCUT2D eigenvalue weighted by molar-refractivity contribution is 7.17. The van der Waals surface area contributed by atoms with E-state index in [2.05, 4.69) is 6.07 Å². The third-order valence-electron chi connectivity index (χ3n) is 6.21. The van der Waals surface area contributed by atoms with Crippen LogP contribution in [0.2, 0.25) is 0 Å². The van der Waals surface area contributed by atoms with Crippen molar-refractivity contribution < 1.29 is 9.13 Å². The molecule has 5 rings (SSSR count). The zero-order valence-electron chi connectivity index (χ0n) is 18.0. The Balaban J connectivity index is 1.75. The topological polar surface area (TPSA) is 55.0 Å². The van der Waals surface area contributed by atoms with Gasteiger partial charge >= 0.3 is 0 Å². The smallest absolute Gasteiger partial charge is 0.259 e. The van der Waals surface area contributed by atoms with Crippen LogP contribution in [0.5, 0.6) is 11.5 Å². The number of nitrogens with zero attached hydrogens (tertiary/aromatic N) is 2. The molecule has 0 aliphatic heterocycles. The summed E-state index contributed by atoms with van der Waals surface area (Å²) in [6.07, 6.45) is 3.49. The number of rotatable bonds is 4. The number of ether oxygens (including phenoxy) is 1. The summed E-state index contributed by atoms with van der Waals surface area (Å²) >= 11 is 1.51. The Morgan fingerprint density at radius 1 is 1.12 bits per heavy atom. The number of pyridine rings is 1. The van der Waals surface area contributed by atoms with E-state index in [0.29, 0.717) is 28.0 Å². The van der Waals surface area contributed by atoms with Crippen LogP contribution in [0.1, 0.15) is 29.5 Å². The number of aryl methyl sites for hydroxylation is 3. The van der Waals surface area contributed by atoms with E-state index in [-0.39, 0.29) is 11.4 Å². The molecule has 0 spiro atoms. The van der Waals surface area contributed by atoms with Crippen molar-refractivity contribution in [3.63, 3.8) is 0 Å². The zero-order valence-corrected chi connectivity index (χ0v) is 18.8. The van der Waals surface area contributed by atoms with Crippen LogP contribution in [0.3, 0.4) is 0 Å². The molecule has 32 heavy (non-hydrogen) atoms. The van der Waals surface area contributed by atoms with Crippen molar-refractivity contribution in [2.45, 2.75) is 32.1 Å². The van der Waals surface area contributed by atoms with E-state index in [0.717, 1.165) is 34.2 Å². The molecule has 1 saturated carbocycles. The molecule has 0 radical (unpaired) electrons. The first-order valence-electron chi connectivity index (χ1n) is 10.4. The van der Waals surface area contributed by atoms with Gasteiger partial charge in [-0.15, -0.1) is 11.3 Å². The molecule has 4 aromatic rings. The van der Waals surface area contributed by atoms with Gasteiger partial charge in [-0.2, -0.15) is 5.26 Å². The van der Waals surface area contributed by atoms with E-state index < -0.39 is 5.41 Å². The molecule has 0 amide bonds. The van der Waals surface area contributed by atoms with Crippen LogP contribution in [0.4, 0.5) is 4.39 Å². The van der Waals surface area contributed by atoms with Crippen LogP contribution in [0, 0.1) is 31.0 Å². The molecule has 6 heteroatoms. The van der Waals surface area contributed by atoms with Crippen molar-refractivity contribution in [1.29, 1.82) is 5.26 Å². The Morgan fingerprint density at radius 3 is 2.50 bits per heavy atom. The molecule has 0 bridgehead atoms. The quantitative estimate of drug-likeness (QED) is 0.367. The molecule has 0 N–H and O–H groups in total. The lowest BCUT2D eigenvalue weighted by Gasteiger charge is -2.18. The van der Waals surface area contributed by atoms with Gasteiger partial charge < -0.3 is 9.30 Å². The Kier molecular flexibility index (Phi) is 4.68. The van der Waals surface area contributed by atoms with Crippen LogP contribution in [-0.2, 0) is 12.5 Å². The molecule has 2 aromatic heterocycles. The number of thiophene rings is 1. The average molecular weight is 445 g/mol. The summed E-state index contributed by atoms with van der Waals surface area (Å²) in [4.78, 5) is 12.6. The van der Waals surface area contributed by atoms with Gasteiger partial charge in [-0.25, -0.2) is 4.39 Å². The van der Waals surface area contributed by atoms with Gasteiger partial charge in [-0.3, -0.25) is 4.79 Å². The van der Waals surface area contributed by atoms with Crippen molar-refractivity contribution in [2.75, 3.05) is 0 Å². The van der Waals surface area contributed by atoms with Crippen molar-refractivity contribution in [3.05, 3.63) is 80.8 Å². The van der Waals surface area contributed by atoms with E-state index in [1.807, 2.05) is 49.7 Å². The molecule has 2 heterocycles. The number of hydrogen-bond acceptors (Lipinski definition) is 4. The fraction of sp³-hybridized carbons (Fsp3) is 0.231. The molecule has 4 nitrogen and oxygen atoms in total. The molecule has 0 saturated heterocycles. The molecule has 1 aliphatic rings. The van der Waals surface area contributed by atoms with Gasteiger partial charge in [0.1, 0.15) is 17.3 Å². The van der Waals surface area contributed by atoms with E-state index in [1.165, 1.54) is 23.5 Å². The molecular formula is C26H21FN2O2S. The molecule has 0 atom stereocenters. The SMILES string of the molecule is Cc1cc(F)cc(C)c1Oc1ccc(C2(C#N)CC2)cc1-c1cn(C)c(=O)c2ccsc12. The van der Waals surface area contributed by atoms with E-state index >= 15 is 0 Å². The van der Waals surface area contributed by atoms with Crippen LogP contribution in [-0.4, -0.2) is 4.57 Å². The van der Waals surface area contributed by atoms with Crippen LogP contribution in [0.15, 0.2) is 52.8 Å². The van der Waals surface area contributed by atoms with Gasteiger partial charge in [0.15, 0.2) is 0 Å². The minimum atomic E-state index is -0.454. The van der Waals surface area contributed by atoms with Gasteiger partial charge in [0.05, 0.1) is 16.9 Å². The maximum Gasteiger partial charge on any atom is 0.259 e. The molecule has 1 fully saturated rings. The number of nitriles is 1. The Morgan fingerprint density at radius 2 is 1.84 bits per heavy atom. The molecular weight excluding hydrogens is 423 g/mol. The number of halogens is 1. The Labute approximate surface area is 189 Å². The Hall–Kier alpha value is -3.43. The highest BCUT2D eigenvalue weighted by atomic mass is 32.1. The van der Waals surface area contributed by atoms with Gasteiger partial charge in [0.2, 0.25) is 0 Å². The normalized spacial score (nSPS) is 14.3. The van der Waals surface area contributed by atoms with Crippen molar-refractivity contribution >= 4 is 21.4 Å². The fourth-order valence-corrected chi connectivity index (χ4v) is 5.18. The summed E-state index contributed by atoms with van der Waals surface area (Å²) in [5.41, 5.74) is 3.54. The van der Waals surface area contributed by atoms with Crippen molar-refractivity contribution in [3.8, 4) is 28.7 Å². The Bertz CT molecular complexity index is 1470. The van der Waals surface area contributed by atoms with Gasteiger partial charge in [-0.1, -0.05) is 6.07 Å². The highest BCUT2D eigenvalue weighted by Gasteiger charge is 2.45. The van der Waals surface area contributed by atoms with Gasteiger partial charge in [0.25, 0.3) is 5.56 Å². The second kappa shape index (κ2) is 7.32. The monoisotopic (exact) mass is 444 g/mol. The molecule has 0 unspecified atom stereocenters. The summed E-state index contributed by atoms with van der Waals surface area (Å²) in [7, 11) is 1.74. The third-order valence-corrected chi connectivity index (χ3v) is 7.15. The second-order valence-electron chi connectivity index (χ2n) is 8.50. The van der Waals surface area contributed by atoms with Gasteiger partial charge in [-0.05, 0) is 79.1 Å². The first-order valence-corrected chi connectivity index (χ1v) is 11.3. The number of fused-ring (bicyclic) bond motifs is 1. The first-order chi connectivity index (χ1) is 15.3. The molecule has 2 aromatic carbocycles. The molecule has 1 aliphatic carbocycles.